The molecule has 2 rings (SSSR count). The van der Waals surface area contributed by atoms with Gasteiger partial charge in [0.15, 0.2) is 11.5 Å². The molecule has 5 heteroatoms. The molecule has 0 bridgehead atoms. The van der Waals surface area contributed by atoms with Gasteiger partial charge in [0.2, 0.25) is 0 Å². The monoisotopic (exact) mass is 347 g/mol. The lowest BCUT2D eigenvalue weighted by Gasteiger charge is -2.17. The highest BCUT2D eigenvalue weighted by Gasteiger charge is 2.14. The Morgan fingerprint density at radius 2 is 1.79 bits per heavy atom. The lowest BCUT2D eigenvalue weighted by molar-refractivity contribution is 0.0940. The standard InChI is InChI=1S/C19H22ClNO3/c1-4-23-17-10-9-14(12-18(17)24-5-2)13(3)21-19(22)15-7-6-8-16(20)11-15/h6-13H,4-5H2,1-3H3,(H,21,22). The van der Waals surface area contributed by atoms with Crippen LogP contribution in [-0.2, 0) is 0 Å². The van der Waals surface area contributed by atoms with E-state index in [0.29, 0.717) is 35.3 Å². The smallest absolute Gasteiger partial charge is 0.251 e. The predicted octanol–water partition coefficient (Wildman–Crippen LogP) is 4.63. The van der Waals surface area contributed by atoms with Crippen molar-refractivity contribution in [1.29, 1.82) is 0 Å². The van der Waals surface area contributed by atoms with Crippen LogP contribution >= 0.6 is 11.6 Å². The molecule has 0 spiro atoms. The number of ether oxygens (including phenoxy) is 2. The Bertz CT molecular complexity index is 703. The number of hydrogen-bond donors (Lipinski definition) is 1. The second kappa shape index (κ2) is 8.60. The van der Waals surface area contributed by atoms with Crippen molar-refractivity contribution in [3.05, 3.63) is 58.6 Å². The second-order valence-corrected chi connectivity index (χ2v) is 5.71. The largest absolute Gasteiger partial charge is 0.490 e. The number of nitrogens with one attached hydrogen (secondary N) is 1. The van der Waals surface area contributed by atoms with Crippen LogP contribution in [0.1, 0.15) is 42.7 Å². The molecule has 128 valence electrons. The molecule has 24 heavy (non-hydrogen) atoms. The fourth-order valence-electron chi connectivity index (χ4n) is 2.33. The third kappa shape index (κ3) is 4.65. The maximum atomic E-state index is 12.3. The van der Waals surface area contributed by atoms with Gasteiger partial charge >= 0.3 is 0 Å². The number of rotatable bonds is 7. The third-order valence-corrected chi connectivity index (χ3v) is 3.74. The summed E-state index contributed by atoms with van der Waals surface area (Å²) in [4.78, 5) is 12.3. The number of carbonyl (C=O) groups excluding carboxylic acids is 1. The minimum absolute atomic E-state index is 0.170. The fraction of sp³-hybridized carbons (Fsp3) is 0.316. The molecule has 0 heterocycles. The lowest BCUT2D eigenvalue weighted by Crippen LogP contribution is -2.26. The van der Waals surface area contributed by atoms with Crippen molar-refractivity contribution < 1.29 is 14.3 Å². The summed E-state index contributed by atoms with van der Waals surface area (Å²) in [5.41, 5.74) is 1.47. The Balaban J connectivity index is 2.15. The Kier molecular flexibility index (Phi) is 6.50. The molecule has 1 atom stereocenters. The highest BCUT2D eigenvalue weighted by atomic mass is 35.5. The van der Waals surface area contributed by atoms with Gasteiger partial charge in [-0.25, -0.2) is 0 Å². The average molecular weight is 348 g/mol. The molecule has 0 saturated carbocycles. The summed E-state index contributed by atoms with van der Waals surface area (Å²) in [6.07, 6.45) is 0. The van der Waals surface area contributed by atoms with E-state index < -0.39 is 0 Å². The normalized spacial score (nSPS) is 11.7. The lowest BCUT2D eigenvalue weighted by atomic mass is 10.1. The van der Waals surface area contributed by atoms with E-state index in [1.54, 1.807) is 24.3 Å². The summed E-state index contributed by atoms with van der Waals surface area (Å²) < 4.78 is 11.2. The van der Waals surface area contributed by atoms with Gasteiger partial charge in [0.1, 0.15) is 0 Å². The first-order valence-corrected chi connectivity index (χ1v) is 8.38. The highest BCUT2D eigenvalue weighted by molar-refractivity contribution is 6.30. The maximum absolute atomic E-state index is 12.3. The second-order valence-electron chi connectivity index (χ2n) is 5.28. The Morgan fingerprint density at radius 1 is 1.08 bits per heavy atom. The maximum Gasteiger partial charge on any atom is 0.251 e. The van der Waals surface area contributed by atoms with E-state index in [1.165, 1.54) is 0 Å². The van der Waals surface area contributed by atoms with Crippen LogP contribution in [0.3, 0.4) is 0 Å². The minimum Gasteiger partial charge on any atom is -0.490 e. The van der Waals surface area contributed by atoms with E-state index in [9.17, 15) is 4.79 Å². The van der Waals surface area contributed by atoms with Crippen LogP contribution in [0.25, 0.3) is 0 Å². The van der Waals surface area contributed by atoms with Crippen molar-refractivity contribution in [1.82, 2.24) is 5.32 Å². The van der Waals surface area contributed by atoms with E-state index in [-0.39, 0.29) is 11.9 Å². The zero-order valence-electron chi connectivity index (χ0n) is 14.1. The molecule has 4 nitrogen and oxygen atoms in total. The van der Waals surface area contributed by atoms with Crippen molar-refractivity contribution in [3.63, 3.8) is 0 Å². The van der Waals surface area contributed by atoms with E-state index in [2.05, 4.69) is 5.32 Å². The Hall–Kier alpha value is -2.20. The van der Waals surface area contributed by atoms with Crippen LogP contribution < -0.4 is 14.8 Å². The van der Waals surface area contributed by atoms with Crippen LogP contribution in [0.5, 0.6) is 11.5 Å². The summed E-state index contributed by atoms with van der Waals surface area (Å²) in [6, 6.07) is 12.4. The summed E-state index contributed by atoms with van der Waals surface area (Å²) >= 11 is 5.93. The SMILES string of the molecule is CCOc1ccc(C(C)NC(=O)c2cccc(Cl)c2)cc1OCC. The first kappa shape index (κ1) is 18.1. The number of carbonyl (C=O) groups is 1. The molecule has 1 amide bonds. The fourth-order valence-corrected chi connectivity index (χ4v) is 2.52. The van der Waals surface area contributed by atoms with Gasteiger partial charge in [0.05, 0.1) is 19.3 Å². The molecule has 0 aliphatic rings. The summed E-state index contributed by atoms with van der Waals surface area (Å²) in [7, 11) is 0. The average Bonchev–Trinajstić information content (AvgIpc) is 2.56. The molecule has 0 aliphatic heterocycles. The molecule has 1 unspecified atom stereocenters. The van der Waals surface area contributed by atoms with Crippen LogP contribution in [0.4, 0.5) is 0 Å². The van der Waals surface area contributed by atoms with Crippen molar-refractivity contribution in [2.24, 2.45) is 0 Å². The van der Waals surface area contributed by atoms with Crippen LogP contribution in [0.15, 0.2) is 42.5 Å². The number of halogens is 1. The number of amides is 1. The molecule has 0 fully saturated rings. The molecular formula is C19H22ClNO3. The van der Waals surface area contributed by atoms with E-state index in [0.717, 1.165) is 5.56 Å². The van der Waals surface area contributed by atoms with Crippen LogP contribution in [-0.4, -0.2) is 19.1 Å². The van der Waals surface area contributed by atoms with E-state index in [1.807, 2.05) is 39.0 Å². The van der Waals surface area contributed by atoms with Gasteiger partial charge in [-0.05, 0) is 56.7 Å². The zero-order valence-corrected chi connectivity index (χ0v) is 14.9. The summed E-state index contributed by atoms with van der Waals surface area (Å²) in [5.74, 6) is 1.22. The molecule has 0 aromatic heterocycles. The predicted molar refractivity (Wildman–Crippen MR) is 96.1 cm³/mol. The molecule has 0 saturated heterocycles. The summed E-state index contributed by atoms with van der Waals surface area (Å²) in [6.45, 7) is 6.89. The number of benzene rings is 2. The Labute approximate surface area is 147 Å². The van der Waals surface area contributed by atoms with Gasteiger partial charge in [-0.3, -0.25) is 4.79 Å². The van der Waals surface area contributed by atoms with E-state index >= 15 is 0 Å². The first-order valence-electron chi connectivity index (χ1n) is 8.01. The van der Waals surface area contributed by atoms with Gasteiger partial charge in [0, 0.05) is 10.6 Å². The van der Waals surface area contributed by atoms with Crippen LogP contribution in [0.2, 0.25) is 5.02 Å². The first-order chi connectivity index (χ1) is 11.5. The van der Waals surface area contributed by atoms with Gasteiger partial charge in [-0.2, -0.15) is 0 Å². The third-order valence-electron chi connectivity index (χ3n) is 3.50. The highest BCUT2D eigenvalue weighted by Crippen LogP contribution is 2.30. The van der Waals surface area contributed by atoms with Crippen molar-refractivity contribution in [2.45, 2.75) is 26.8 Å². The number of hydrogen-bond acceptors (Lipinski definition) is 3. The van der Waals surface area contributed by atoms with Gasteiger partial charge in [-0.1, -0.05) is 23.7 Å². The minimum atomic E-state index is -0.175. The van der Waals surface area contributed by atoms with Crippen molar-refractivity contribution in [2.75, 3.05) is 13.2 Å². The molecule has 0 radical (unpaired) electrons. The summed E-state index contributed by atoms with van der Waals surface area (Å²) in [5, 5.41) is 3.50. The quantitative estimate of drug-likeness (QED) is 0.794. The molecule has 0 aliphatic carbocycles. The van der Waals surface area contributed by atoms with Gasteiger partial charge < -0.3 is 14.8 Å². The zero-order chi connectivity index (χ0) is 17.5. The van der Waals surface area contributed by atoms with E-state index in [4.69, 9.17) is 21.1 Å². The van der Waals surface area contributed by atoms with Crippen LogP contribution in [0, 0.1) is 0 Å². The van der Waals surface area contributed by atoms with Crippen molar-refractivity contribution in [3.8, 4) is 11.5 Å². The topological polar surface area (TPSA) is 47.6 Å². The molecular weight excluding hydrogens is 326 g/mol. The van der Waals surface area contributed by atoms with Gasteiger partial charge in [-0.15, -0.1) is 0 Å². The molecule has 1 N–H and O–H groups in total. The molecule has 2 aromatic carbocycles. The van der Waals surface area contributed by atoms with Crippen molar-refractivity contribution >= 4 is 17.5 Å². The Morgan fingerprint density at radius 3 is 2.46 bits per heavy atom. The molecule has 2 aromatic rings. The van der Waals surface area contributed by atoms with Gasteiger partial charge in [0.25, 0.3) is 5.91 Å².